The SMILES string of the molecule is CC1(C)c2ccccc2Sc2c(-c3cc([Si](C)(c4ccccc4)c4cccc5c4Sc4ccccc4C5(C)C)ccc3C3CCCC3)cccc21. The van der Waals surface area contributed by atoms with Crippen molar-refractivity contribution in [1.29, 1.82) is 0 Å². The summed E-state index contributed by atoms with van der Waals surface area (Å²) in [4.78, 5) is 5.68. The topological polar surface area (TPSA) is 0 Å². The van der Waals surface area contributed by atoms with Gasteiger partial charge in [0.25, 0.3) is 0 Å². The third kappa shape index (κ3) is 5.17. The van der Waals surface area contributed by atoms with Crippen molar-refractivity contribution in [2.75, 3.05) is 0 Å². The van der Waals surface area contributed by atoms with Crippen LogP contribution >= 0.6 is 23.5 Å². The molecule has 51 heavy (non-hydrogen) atoms. The Morgan fingerprint density at radius 3 is 1.73 bits per heavy atom. The lowest BCUT2D eigenvalue weighted by Gasteiger charge is -2.39. The molecule has 1 atom stereocenters. The molecule has 0 radical (unpaired) electrons. The van der Waals surface area contributed by atoms with E-state index < -0.39 is 8.07 Å². The van der Waals surface area contributed by atoms with Crippen molar-refractivity contribution in [3.05, 3.63) is 161 Å². The van der Waals surface area contributed by atoms with E-state index in [9.17, 15) is 0 Å². The summed E-state index contributed by atoms with van der Waals surface area (Å²) in [5, 5.41) is 4.49. The van der Waals surface area contributed by atoms with Gasteiger partial charge in [-0.05, 0) is 85.4 Å². The minimum absolute atomic E-state index is 0.0605. The van der Waals surface area contributed by atoms with Gasteiger partial charge in [-0.25, -0.2) is 0 Å². The predicted molar refractivity (Wildman–Crippen MR) is 222 cm³/mol. The zero-order chi connectivity index (χ0) is 35.0. The van der Waals surface area contributed by atoms with Crippen LogP contribution in [0.25, 0.3) is 11.1 Å². The van der Waals surface area contributed by atoms with Gasteiger partial charge in [-0.15, -0.1) is 0 Å². The van der Waals surface area contributed by atoms with E-state index >= 15 is 0 Å². The fraction of sp³-hybridized carbons (Fsp3) is 0.250. The standard InChI is InChI=1S/C48H46S2Si/c1-47(2)38-22-11-13-26-42(38)49-45-36(21-15-24-40(45)47)37-31-34(29-30-35(37)32-17-9-10-18-32)51(5,33-19-7-6-8-20-33)44-28-16-25-41-46(44)50-43-27-14-12-23-39(43)48(41,3)4/h6-8,11-16,19-32H,9-10,17-18H2,1-5H3. The van der Waals surface area contributed by atoms with Gasteiger partial charge in [-0.2, -0.15) is 0 Å². The van der Waals surface area contributed by atoms with Gasteiger partial charge in [0.1, 0.15) is 8.07 Å². The lowest BCUT2D eigenvalue weighted by atomic mass is 9.76. The summed E-state index contributed by atoms with van der Waals surface area (Å²) in [6, 6.07) is 51.7. The van der Waals surface area contributed by atoms with Gasteiger partial charge in [0.05, 0.1) is 0 Å². The van der Waals surface area contributed by atoms with Crippen LogP contribution in [-0.2, 0) is 10.8 Å². The van der Waals surface area contributed by atoms with Crippen LogP contribution in [0, 0.1) is 0 Å². The minimum atomic E-state index is -2.52. The first kappa shape index (κ1) is 33.1. The molecule has 6 aromatic rings. The van der Waals surface area contributed by atoms with Crippen LogP contribution in [-0.4, -0.2) is 8.07 Å². The molecule has 0 spiro atoms. The summed E-state index contributed by atoms with van der Waals surface area (Å²) in [6.45, 7) is 12.3. The first-order chi connectivity index (χ1) is 24.7. The van der Waals surface area contributed by atoms with Gasteiger partial charge in [0, 0.05) is 30.4 Å². The average Bonchev–Trinajstić information content (AvgIpc) is 3.70. The van der Waals surface area contributed by atoms with E-state index in [4.69, 9.17) is 0 Å². The Hall–Kier alpha value is -3.76. The Bertz CT molecular complexity index is 2300. The van der Waals surface area contributed by atoms with E-state index in [2.05, 4.69) is 168 Å². The second-order valence-corrected chi connectivity index (χ2v) is 22.1. The monoisotopic (exact) mass is 714 g/mol. The second kappa shape index (κ2) is 12.4. The smallest absolute Gasteiger partial charge is 0.0895 e. The maximum Gasteiger partial charge on any atom is 0.146 e. The molecule has 2 aliphatic heterocycles. The van der Waals surface area contributed by atoms with E-state index in [1.54, 1.807) is 5.56 Å². The molecule has 2 heterocycles. The molecule has 3 heteroatoms. The molecular weight excluding hydrogens is 669 g/mol. The van der Waals surface area contributed by atoms with Crippen molar-refractivity contribution in [3.63, 3.8) is 0 Å². The highest BCUT2D eigenvalue weighted by molar-refractivity contribution is 8.00. The fourth-order valence-corrected chi connectivity index (χ4v) is 16.9. The minimum Gasteiger partial charge on any atom is -0.0895 e. The number of hydrogen-bond acceptors (Lipinski definition) is 2. The van der Waals surface area contributed by atoms with Crippen LogP contribution < -0.4 is 15.6 Å². The highest BCUT2D eigenvalue weighted by Gasteiger charge is 2.42. The molecule has 1 aliphatic carbocycles. The molecule has 0 amide bonds. The van der Waals surface area contributed by atoms with Gasteiger partial charge in [-0.1, -0.05) is 192 Å². The van der Waals surface area contributed by atoms with Crippen LogP contribution in [0.3, 0.4) is 0 Å². The summed E-state index contributed by atoms with van der Waals surface area (Å²) >= 11 is 3.98. The molecule has 1 saturated carbocycles. The van der Waals surface area contributed by atoms with Gasteiger partial charge < -0.3 is 0 Å². The maximum absolute atomic E-state index is 2.67. The van der Waals surface area contributed by atoms with E-state index in [0.717, 1.165) is 0 Å². The largest absolute Gasteiger partial charge is 0.146 e. The first-order valence-corrected chi connectivity index (χ1v) is 22.8. The van der Waals surface area contributed by atoms with Crippen LogP contribution in [0.15, 0.2) is 153 Å². The zero-order valence-electron chi connectivity index (χ0n) is 30.4. The lowest BCUT2D eigenvalue weighted by molar-refractivity contribution is 0.608. The molecule has 1 unspecified atom stereocenters. The third-order valence-corrected chi connectivity index (χ3v) is 19.6. The van der Waals surface area contributed by atoms with Gasteiger partial charge in [0.2, 0.25) is 0 Å². The molecule has 254 valence electrons. The summed E-state index contributed by atoms with van der Waals surface area (Å²) in [6.07, 6.45) is 5.23. The van der Waals surface area contributed by atoms with Gasteiger partial charge in [-0.3, -0.25) is 0 Å². The Labute approximate surface area is 314 Å². The van der Waals surface area contributed by atoms with Crippen molar-refractivity contribution in [2.24, 2.45) is 0 Å². The summed E-state index contributed by atoms with van der Waals surface area (Å²) < 4.78 is 0. The first-order valence-electron chi connectivity index (χ1n) is 18.7. The molecule has 1 fully saturated rings. The summed E-state index contributed by atoms with van der Waals surface area (Å²) in [5.74, 6) is 0.612. The van der Waals surface area contributed by atoms with E-state index in [1.807, 2.05) is 23.5 Å². The van der Waals surface area contributed by atoms with Crippen LogP contribution in [0.5, 0.6) is 0 Å². The van der Waals surface area contributed by atoms with Crippen molar-refractivity contribution in [2.45, 2.75) is 96.3 Å². The summed E-state index contributed by atoms with van der Waals surface area (Å²) in [7, 11) is -2.52. The molecule has 6 aromatic carbocycles. The van der Waals surface area contributed by atoms with Crippen LogP contribution in [0.4, 0.5) is 0 Å². The van der Waals surface area contributed by atoms with Crippen molar-refractivity contribution in [1.82, 2.24) is 0 Å². The number of benzene rings is 6. The Kier molecular flexibility index (Phi) is 8.07. The maximum atomic E-state index is 2.67. The third-order valence-electron chi connectivity index (χ3n) is 12.5. The van der Waals surface area contributed by atoms with Crippen molar-refractivity contribution in [3.8, 4) is 11.1 Å². The molecular formula is C48H46S2Si. The fourth-order valence-electron chi connectivity index (χ4n) is 9.48. The van der Waals surface area contributed by atoms with Crippen LogP contribution in [0.2, 0.25) is 6.55 Å². The molecule has 9 rings (SSSR count). The molecule has 0 nitrogen and oxygen atoms in total. The van der Waals surface area contributed by atoms with Gasteiger partial charge >= 0.3 is 0 Å². The van der Waals surface area contributed by atoms with Crippen molar-refractivity contribution < 1.29 is 0 Å². The van der Waals surface area contributed by atoms with E-state index in [-0.39, 0.29) is 10.8 Å². The predicted octanol–water partition coefficient (Wildman–Crippen LogP) is 11.7. The second-order valence-electron chi connectivity index (χ2n) is 16.1. The van der Waals surface area contributed by atoms with E-state index in [1.165, 1.54) is 94.2 Å². The Balaban J connectivity index is 1.29. The molecule has 0 bridgehead atoms. The summed E-state index contributed by atoms with van der Waals surface area (Å²) in [5.41, 5.74) is 10.1. The Morgan fingerprint density at radius 2 is 1.06 bits per heavy atom. The highest BCUT2D eigenvalue weighted by Crippen LogP contribution is 2.53. The van der Waals surface area contributed by atoms with Gasteiger partial charge in [0.15, 0.2) is 0 Å². The number of rotatable bonds is 5. The number of hydrogen-bond donors (Lipinski definition) is 0. The normalized spacial score (nSPS) is 18.2. The Morgan fingerprint density at radius 1 is 0.510 bits per heavy atom. The molecule has 0 N–H and O–H groups in total. The van der Waals surface area contributed by atoms with E-state index in [0.29, 0.717) is 5.92 Å². The molecule has 0 aromatic heterocycles. The lowest BCUT2D eigenvalue weighted by Crippen LogP contribution is -2.65. The van der Waals surface area contributed by atoms with Crippen molar-refractivity contribution >= 4 is 47.2 Å². The van der Waals surface area contributed by atoms with Crippen LogP contribution in [0.1, 0.15) is 87.1 Å². The zero-order valence-corrected chi connectivity index (χ0v) is 33.1. The highest BCUT2D eigenvalue weighted by atomic mass is 32.2. The molecule has 0 saturated heterocycles. The quantitative estimate of drug-likeness (QED) is 0.129. The average molecular weight is 715 g/mol. The molecule has 3 aliphatic rings. The number of fused-ring (bicyclic) bond motifs is 4.